The first kappa shape index (κ1) is 11.7. The highest BCUT2D eigenvalue weighted by molar-refractivity contribution is 5.68. The molecule has 1 aromatic heterocycles. The highest BCUT2D eigenvalue weighted by Gasteiger charge is 2.09. The van der Waals surface area contributed by atoms with Crippen molar-refractivity contribution in [2.45, 2.75) is 27.2 Å². The molecule has 1 aromatic carbocycles. The summed E-state index contributed by atoms with van der Waals surface area (Å²) < 4.78 is 0. The molecule has 1 heterocycles. The molecule has 2 rings (SSSR count). The van der Waals surface area contributed by atoms with Gasteiger partial charge in [-0.1, -0.05) is 31.2 Å². The summed E-state index contributed by atoms with van der Waals surface area (Å²) in [6.07, 6.45) is 1.07. The van der Waals surface area contributed by atoms with E-state index < -0.39 is 0 Å². The lowest BCUT2D eigenvalue weighted by atomic mass is 10.1. The molecule has 0 aliphatic carbocycles. The van der Waals surface area contributed by atoms with E-state index in [1.165, 1.54) is 16.7 Å². The highest BCUT2D eigenvalue weighted by Crippen LogP contribution is 2.25. The topological polar surface area (TPSA) is 40.7 Å². The number of hydrogen-bond acceptors (Lipinski definition) is 2. The predicted molar refractivity (Wildman–Crippen MR) is 72.3 cm³/mol. The van der Waals surface area contributed by atoms with Gasteiger partial charge in [0.25, 0.3) is 0 Å². The second-order valence-corrected chi connectivity index (χ2v) is 4.15. The zero-order chi connectivity index (χ0) is 12.3. The second-order valence-electron chi connectivity index (χ2n) is 4.15. The van der Waals surface area contributed by atoms with Crippen LogP contribution in [0.4, 0.5) is 5.82 Å². The number of anilines is 1. The third-order valence-electron chi connectivity index (χ3n) is 3.00. The molecule has 0 atom stereocenters. The summed E-state index contributed by atoms with van der Waals surface area (Å²) in [5.41, 5.74) is 4.83. The molecule has 0 radical (unpaired) electrons. The maximum absolute atomic E-state index is 4.29. The Labute approximate surface area is 102 Å². The molecule has 2 aromatic rings. The van der Waals surface area contributed by atoms with Gasteiger partial charge in [-0.05, 0) is 31.4 Å². The van der Waals surface area contributed by atoms with E-state index in [2.05, 4.69) is 60.6 Å². The lowest BCUT2D eigenvalue weighted by Gasteiger charge is -2.03. The predicted octanol–water partition coefficient (Wildman–Crippen LogP) is 3.38. The van der Waals surface area contributed by atoms with E-state index in [4.69, 9.17) is 0 Å². The largest absolute Gasteiger partial charge is 0.369 e. The number of nitrogens with one attached hydrogen (secondary N) is 2. The minimum atomic E-state index is 0.889. The fourth-order valence-electron chi connectivity index (χ4n) is 1.93. The maximum Gasteiger partial charge on any atom is 0.151 e. The number of nitrogens with zero attached hydrogens (tertiary/aromatic N) is 1. The Morgan fingerprint density at radius 1 is 1.18 bits per heavy atom. The van der Waals surface area contributed by atoms with Gasteiger partial charge in [0.2, 0.25) is 0 Å². The Morgan fingerprint density at radius 2 is 1.88 bits per heavy atom. The van der Waals surface area contributed by atoms with Crippen molar-refractivity contribution < 1.29 is 0 Å². The molecule has 0 aliphatic heterocycles. The normalized spacial score (nSPS) is 10.5. The molecule has 90 valence electrons. The Morgan fingerprint density at radius 3 is 2.47 bits per heavy atom. The molecule has 2 N–H and O–H groups in total. The molecule has 0 amide bonds. The van der Waals surface area contributed by atoms with Crippen molar-refractivity contribution in [3.63, 3.8) is 0 Å². The molecular formula is C14H19N3. The SMILES string of the molecule is CCNc1n[nH]c(-c2ccc(CC)cc2)c1C. The van der Waals surface area contributed by atoms with Crippen LogP contribution in [0.2, 0.25) is 0 Å². The Bertz CT molecular complexity index is 483. The molecule has 0 aliphatic rings. The molecule has 3 nitrogen and oxygen atoms in total. The van der Waals surface area contributed by atoms with E-state index in [1.54, 1.807) is 0 Å². The van der Waals surface area contributed by atoms with Crippen LogP contribution in [0.3, 0.4) is 0 Å². The van der Waals surface area contributed by atoms with Gasteiger partial charge in [0.05, 0.1) is 5.69 Å². The second kappa shape index (κ2) is 5.04. The van der Waals surface area contributed by atoms with Crippen LogP contribution >= 0.6 is 0 Å². The molecule has 0 fully saturated rings. The average molecular weight is 229 g/mol. The van der Waals surface area contributed by atoms with Crippen LogP contribution in [0.1, 0.15) is 25.0 Å². The number of hydrogen-bond donors (Lipinski definition) is 2. The number of aromatic amines is 1. The van der Waals surface area contributed by atoms with Crippen LogP contribution in [0, 0.1) is 6.92 Å². The first-order chi connectivity index (χ1) is 8.26. The van der Waals surface area contributed by atoms with Gasteiger partial charge in [-0.25, -0.2) is 0 Å². The number of H-pyrrole nitrogens is 1. The summed E-state index contributed by atoms with van der Waals surface area (Å²) in [7, 11) is 0. The summed E-state index contributed by atoms with van der Waals surface area (Å²) in [6.45, 7) is 7.22. The smallest absolute Gasteiger partial charge is 0.151 e. The van der Waals surface area contributed by atoms with Crippen LogP contribution in [0.25, 0.3) is 11.3 Å². The van der Waals surface area contributed by atoms with Crippen LogP contribution in [-0.2, 0) is 6.42 Å². The minimum Gasteiger partial charge on any atom is -0.369 e. The van der Waals surface area contributed by atoms with Crippen molar-refractivity contribution in [3.8, 4) is 11.3 Å². The Kier molecular flexibility index (Phi) is 3.47. The lowest BCUT2D eigenvalue weighted by molar-refractivity contribution is 1.07. The summed E-state index contributed by atoms with van der Waals surface area (Å²) in [5.74, 6) is 0.946. The van der Waals surface area contributed by atoms with Gasteiger partial charge in [-0.15, -0.1) is 0 Å². The number of aryl methyl sites for hydroxylation is 1. The molecule has 3 heteroatoms. The van der Waals surface area contributed by atoms with Crippen LogP contribution in [-0.4, -0.2) is 16.7 Å². The van der Waals surface area contributed by atoms with E-state index in [0.29, 0.717) is 0 Å². The third-order valence-corrected chi connectivity index (χ3v) is 3.00. The Balaban J connectivity index is 2.32. The fraction of sp³-hybridized carbons (Fsp3) is 0.357. The first-order valence-electron chi connectivity index (χ1n) is 6.14. The van der Waals surface area contributed by atoms with Gasteiger partial charge in [-0.3, -0.25) is 5.10 Å². The molecule has 0 saturated carbocycles. The van der Waals surface area contributed by atoms with Crippen molar-refractivity contribution in [1.82, 2.24) is 10.2 Å². The van der Waals surface area contributed by atoms with Gasteiger partial charge in [-0.2, -0.15) is 5.10 Å². The number of benzene rings is 1. The van der Waals surface area contributed by atoms with Crippen LogP contribution in [0.15, 0.2) is 24.3 Å². The lowest BCUT2D eigenvalue weighted by Crippen LogP contribution is -1.97. The van der Waals surface area contributed by atoms with Crippen LogP contribution < -0.4 is 5.32 Å². The standard InChI is InChI=1S/C14H19N3/c1-4-11-6-8-12(9-7-11)13-10(3)14(15-5-2)17-16-13/h6-9H,4-5H2,1-3H3,(H2,15,16,17). The summed E-state index contributed by atoms with van der Waals surface area (Å²) in [5, 5.41) is 10.6. The van der Waals surface area contributed by atoms with Crippen molar-refractivity contribution in [2.75, 3.05) is 11.9 Å². The summed E-state index contributed by atoms with van der Waals surface area (Å²) in [4.78, 5) is 0. The van der Waals surface area contributed by atoms with Gasteiger partial charge in [0.15, 0.2) is 5.82 Å². The molecular weight excluding hydrogens is 210 g/mol. The highest BCUT2D eigenvalue weighted by atomic mass is 15.2. The maximum atomic E-state index is 4.29. The van der Waals surface area contributed by atoms with E-state index in [1.807, 2.05) is 0 Å². The zero-order valence-electron chi connectivity index (χ0n) is 10.7. The molecule has 0 unspecified atom stereocenters. The molecule has 0 spiro atoms. The van der Waals surface area contributed by atoms with Crippen molar-refractivity contribution >= 4 is 5.82 Å². The van der Waals surface area contributed by atoms with Gasteiger partial charge in [0, 0.05) is 12.1 Å². The molecule has 0 bridgehead atoms. The van der Waals surface area contributed by atoms with Crippen molar-refractivity contribution in [2.24, 2.45) is 0 Å². The van der Waals surface area contributed by atoms with Crippen molar-refractivity contribution in [1.29, 1.82) is 0 Å². The van der Waals surface area contributed by atoms with Gasteiger partial charge >= 0.3 is 0 Å². The quantitative estimate of drug-likeness (QED) is 0.843. The van der Waals surface area contributed by atoms with Gasteiger partial charge in [0.1, 0.15) is 0 Å². The molecule has 0 saturated heterocycles. The summed E-state index contributed by atoms with van der Waals surface area (Å²) >= 11 is 0. The van der Waals surface area contributed by atoms with Gasteiger partial charge < -0.3 is 5.32 Å². The number of rotatable bonds is 4. The zero-order valence-corrected chi connectivity index (χ0v) is 10.7. The average Bonchev–Trinajstić information content (AvgIpc) is 2.72. The van der Waals surface area contributed by atoms with E-state index in [-0.39, 0.29) is 0 Å². The minimum absolute atomic E-state index is 0.889. The third kappa shape index (κ3) is 2.33. The number of aromatic nitrogens is 2. The summed E-state index contributed by atoms with van der Waals surface area (Å²) in [6, 6.07) is 8.63. The Hall–Kier alpha value is -1.77. The molecule has 17 heavy (non-hydrogen) atoms. The van der Waals surface area contributed by atoms with E-state index in [0.717, 1.165) is 24.5 Å². The fourth-order valence-corrected chi connectivity index (χ4v) is 1.93. The van der Waals surface area contributed by atoms with Crippen molar-refractivity contribution in [3.05, 3.63) is 35.4 Å². The first-order valence-corrected chi connectivity index (χ1v) is 6.14. The van der Waals surface area contributed by atoms with Crippen LogP contribution in [0.5, 0.6) is 0 Å². The monoisotopic (exact) mass is 229 g/mol. The van der Waals surface area contributed by atoms with E-state index >= 15 is 0 Å². The van der Waals surface area contributed by atoms with E-state index in [9.17, 15) is 0 Å².